The van der Waals surface area contributed by atoms with E-state index in [4.69, 9.17) is 4.74 Å². The normalized spacial score (nSPS) is 11.4. The molecule has 0 spiro atoms. The molecule has 0 aliphatic carbocycles. The number of aryl methyl sites for hydroxylation is 1. The number of rotatable bonds is 11. The molecule has 4 rings (SSSR count). The molecule has 226 valence electrons. The van der Waals surface area contributed by atoms with Crippen molar-refractivity contribution in [3.05, 3.63) is 124 Å². The van der Waals surface area contributed by atoms with E-state index in [2.05, 4.69) is 15.8 Å². The number of carbonyl (C=O) groups excluding carboxylic acids is 2. The van der Waals surface area contributed by atoms with E-state index >= 15 is 0 Å². The summed E-state index contributed by atoms with van der Waals surface area (Å²) in [5.41, 5.74) is 4.42. The number of nitro benzene ring substituents is 1. The maximum absolute atomic E-state index is 13.7. The summed E-state index contributed by atoms with van der Waals surface area (Å²) in [5, 5.41) is 18.4. The van der Waals surface area contributed by atoms with E-state index in [1.165, 1.54) is 50.4 Å². The fourth-order valence-corrected chi connectivity index (χ4v) is 5.57. The third-order valence-electron chi connectivity index (χ3n) is 6.54. The maximum Gasteiger partial charge on any atom is 0.273 e. The SMILES string of the molecule is COc1ccc(N(CC(=O)N/N=C(/C)c2cccc(NC(=O)c3ccccc3)c2)S(=O)(=O)c2ccc(C)c([N+](=O)[O-])c2)cc1. The first kappa shape index (κ1) is 31.4. The Morgan fingerprint density at radius 2 is 1.61 bits per heavy atom. The molecule has 4 aromatic rings. The molecule has 44 heavy (non-hydrogen) atoms. The second-order valence-corrected chi connectivity index (χ2v) is 11.4. The third-order valence-corrected chi connectivity index (χ3v) is 8.31. The topological polar surface area (TPSA) is 160 Å². The Bertz CT molecular complexity index is 1830. The number of benzene rings is 4. The van der Waals surface area contributed by atoms with Crippen molar-refractivity contribution < 1.29 is 27.7 Å². The maximum atomic E-state index is 13.7. The molecule has 0 aliphatic heterocycles. The molecule has 0 radical (unpaired) electrons. The van der Waals surface area contributed by atoms with Crippen LogP contribution in [-0.4, -0.2) is 44.5 Å². The van der Waals surface area contributed by atoms with Crippen molar-refractivity contribution in [2.24, 2.45) is 5.10 Å². The molecule has 12 nitrogen and oxygen atoms in total. The van der Waals surface area contributed by atoms with Gasteiger partial charge in [-0.2, -0.15) is 5.10 Å². The summed E-state index contributed by atoms with van der Waals surface area (Å²) in [5.74, 6) is -0.591. The van der Waals surface area contributed by atoms with Crippen LogP contribution in [0.4, 0.5) is 17.1 Å². The van der Waals surface area contributed by atoms with Crippen LogP contribution < -0.4 is 19.8 Å². The fourth-order valence-electron chi connectivity index (χ4n) is 4.13. The van der Waals surface area contributed by atoms with Crippen molar-refractivity contribution in [3.63, 3.8) is 0 Å². The number of hydrogen-bond acceptors (Lipinski definition) is 8. The van der Waals surface area contributed by atoms with Crippen molar-refractivity contribution >= 4 is 44.6 Å². The summed E-state index contributed by atoms with van der Waals surface area (Å²) < 4.78 is 33.4. The van der Waals surface area contributed by atoms with Crippen LogP contribution in [0, 0.1) is 17.0 Å². The van der Waals surface area contributed by atoms with Crippen LogP contribution in [0.15, 0.2) is 107 Å². The van der Waals surface area contributed by atoms with Gasteiger partial charge in [-0.1, -0.05) is 36.4 Å². The van der Waals surface area contributed by atoms with Gasteiger partial charge in [-0.25, -0.2) is 13.8 Å². The lowest BCUT2D eigenvalue weighted by atomic mass is 10.1. The second kappa shape index (κ2) is 13.6. The van der Waals surface area contributed by atoms with Crippen LogP contribution in [-0.2, 0) is 14.8 Å². The van der Waals surface area contributed by atoms with Gasteiger partial charge in [0.25, 0.3) is 27.5 Å². The van der Waals surface area contributed by atoms with E-state index in [9.17, 15) is 28.1 Å². The number of amides is 2. The van der Waals surface area contributed by atoms with Crippen LogP contribution in [0.1, 0.15) is 28.4 Å². The predicted molar refractivity (Wildman–Crippen MR) is 167 cm³/mol. The average Bonchev–Trinajstić information content (AvgIpc) is 3.03. The Balaban J connectivity index is 1.56. The third kappa shape index (κ3) is 7.44. The van der Waals surface area contributed by atoms with Crippen molar-refractivity contribution in [1.82, 2.24) is 5.43 Å². The van der Waals surface area contributed by atoms with E-state index in [0.29, 0.717) is 28.3 Å². The lowest BCUT2D eigenvalue weighted by Crippen LogP contribution is -2.39. The lowest BCUT2D eigenvalue weighted by molar-refractivity contribution is -0.385. The Morgan fingerprint density at radius 3 is 2.27 bits per heavy atom. The van der Waals surface area contributed by atoms with E-state index in [1.807, 2.05) is 6.07 Å². The standard InChI is InChI=1S/C31H29N5O7S/c1-21-12-17-28(19-29(21)36(39)40)44(41,42)35(26-13-15-27(43-3)16-14-26)20-30(37)34-33-22(2)24-10-7-11-25(18-24)32-31(38)23-8-5-4-6-9-23/h4-19H,20H2,1-3H3,(H,32,38)(H,34,37)/b33-22-. The van der Waals surface area contributed by atoms with Crippen LogP contribution >= 0.6 is 0 Å². The lowest BCUT2D eigenvalue weighted by Gasteiger charge is -2.24. The van der Waals surface area contributed by atoms with Crippen molar-refractivity contribution in [3.8, 4) is 5.75 Å². The molecule has 0 saturated heterocycles. The van der Waals surface area contributed by atoms with Crippen LogP contribution in [0.25, 0.3) is 0 Å². The summed E-state index contributed by atoms with van der Waals surface area (Å²) in [6.07, 6.45) is 0. The number of hydrazone groups is 1. The molecule has 2 N–H and O–H groups in total. The Labute approximate surface area is 254 Å². The van der Waals surface area contributed by atoms with Gasteiger partial charge in [0.1, 0.15) is 12.3 Å². The van der Waals surface area contributed by atoms with Crippen LogP contribution in [0.2, 0.25) is 0 Å². The fraction of sp³-hybridized carbons (Fsp3) is 0.129. The first-order valence-corrected chi connectivity index (χ1v) is 14.7. The van der Waals surface area contributed by atoms with E-state index < -0.39 is 27.4 Å². The number of anilines is 2. The minimum Gasteiger partial charge on any atom is -0.497 e. The number of nitrogens with one attached hydrogen (secondary N) is 2. The summed E-state index contributed by atoms with van der Waals surface area (Å²) in [7, 11) is -2.98. The van der Waals surface area contributed by atoms with Crippen molar-refractivity contribution in [1.29, 1.82) is 0 Å². The molecule has 13 heteroatoms. The predicted octanol–water partition coefficient (Wildman–Crippen LogP) is 4.90. The van der Waals surface area contributed by atoms with E-state index in [1.54, 1.807) is 55.5 Å². The Morgan fingerprint density at radius 1 is 0.932 bits per heavy atom. The second-order valence-electron chi connectivity index (χ2n) is 9.55. The number of sulfonamides is 1. The van der Waals surface area contributed by atoms with Gasteiger partial charge in [0, 0.05) is 22.9 Å². The molecule has 0 bridgehead atoms. The highest BCUT2D eigenvalue weighted by Gasteiger charge is 2.29. The van der Waals surface area contributed by atoms with Crippen LogP contribution in [0.5, 0.6) is 5.75 Å². The zero-order chi connectivity index (χ0) is 31.9. The van der Waals surface area contributed by atoms with Gasteiger partial charge in [-0.05, 0) is 74.0 Å². The summed E-state index contributed by atoms with van der Waals surface area (Å²) in [6.45, 7) is 2.46. The number of nitrogens with zero attached hydrogens (tertiary/aromatic N) is 3. The number of carbonyl (C=O) groups is 2. The molecule has 0 heterocycles. The van der Waals surface area contributed by atoms with Gasteiger partial charge in [-0.15, -0.1) is 0 Å². The van der Waals surface area contributed by atoms with Gasteiger partial charge in [0.05, 0.1) is 28.3 Å². The molecular formula is C31H29N5O7S. The molecule has 0 fully saturated rings. The summed E-state index contributed by atoms with van der Waals surface area (Å²) in [6, 6.07) is 25.1. The first-order valence-electron chi connectivity index (χ1n) is 13.2. The number of hydrogen-bond donors (Lipinski definition) is 2. The molecule has 0 aromatic heterocycles. The Hall–Kier alpha value is -5.56. The van der Waals surface area contributed by atoms with Crippen molar-refractivity contribution in [2.45, 2.75) is 18.7 Å². The quantitative estimate of drug-likeness (QED) is 0.138. The van der Waals surface area contributed by atoms with Gasteiger partial charge < -0.3 is 10.1 Å². The zero-order valence-corrected chi connectivity index (χ0v) is 24.9. The molecule has 0 atom stereocenters. The minimum atomic E-state index is -4.43. The zero-order valence-electron chi connectivity index (χ0n) is 24.1. The average molecular weight is 616 g/mol. The van der Waals surface area contributed by atoms with Gasteiger partial charge in [-0.3, -0.25) is 24.0 Å². The highest BCUT2D eigenvalue weighted by Crippen LogP contribution is 2.29. The number of ether oxygens (including phenoxy) is 1. The smallest absolute Gasteiger partial charge is 0.273 e. The van der Waals surface area contributed by atoms with Crippen LogP contribution in [0.3, 0.4) is 0 Å². The van der Waals surface area contributed by atoms with E-state index in [0.717, 1.165) is 10.4 Å². The molecule has 0 saturated carbocycles. The molecule has 0 aliphatic rings. The monoisotopic (exact) mass is 615 g/mol. The minimum absolute atomic E-state index is 0.131. The first-order chi connectivity index (χ1) is 21.0. The molecule has 4 aromatic carbocycles. The Kier molecular flexibility index (Phi) is 9.71. The molecular weight excluding hydrogens is 586 g/mol. The molecule has 2 amide bonds. The summed E-state index contributed by atoms with van der Waals surface area (Å²) >= 11 is 0. The van der Waals surface area contributed by atoms with Gasteiger partial charge in [0.15, 0.2) is 0 Å². The van der Waals surface area contributed by atoms with Gasteiger partial charge >= 0.3 is 0 Å². The number of nitro groups is 1. The highest BCUT2D eigenvalue weighted by atomic mass is 32.2. The number of methoxy groups -OCH3 is 1. The van der Waals surface area contributed by atoms with Crippen molar-refractivity contribution in [2.75, 3.05) is 23.3 Å². The van der Waals surface area contributed by atoms with Gasteiger partial charge in [0.2, 0.25) is 0 Å². The largest absolute Gasteiger partial charge is 0.497 e. The molecule has 0 unspecified atom stereocenters. The summed E-state index contributed by atoms with van der Waals surface area (Å²) in [4.78, 5) is 36.0. The van der Waals surface area contributed by atoms with E-state index in [-0.39, 0.29) is 27.7 Å². The highest BCUT2D eigenvalue weighted by molar-refractivity contribution is 7.92.